The molecule has 0 bridgehead atoms. The lowest BCUT2D eigenvalue weighted by Crippen LogP contribution is -2.10. The third kappa shape index (κ3) is 3.60. The zero-order valence-corrected chi connectivity index (χ0v) is 13.0. The molecule has 8 heteroatoms. The van der Waals surface area contributed by atoms with Crippen LogP contribution in [0.15, 0.2) is 38.8 Å². The first-order chi connectivity index (χ1) is 10.2. The molecule has 0 aliphatic rings. The molecule has 0 amide bonds. The second-order valence-corrected chi connectivity index (χ2v) is 4.70. The minimum absolute atomic E-state index is 0.326. The lowest BCUT2D eigenvalue weighted by atomic mass is 10.2. The second-order valence-electron chi connectivity index (χ2n) is 3.90. The lowest BCUT2D eigenvalue weighted by molar-refractivity contribution is 0.402. The highest BCUT2D eigenvalue weighted by molar-refractivity contribution is 9.10. The summed E-state index contributed by atoms with van der Waals surface area (Å²) in [6.07, 6.45) is 3.01. The highest BCUT2D eigenvalue weighted by Crippen LogP contribution is 2.22. The number of methoxy groups -OCH3 is 2. The molecule has 2 aromatic rings. The molecule has 2 N–H and O–H groups in total. The number of benzene rings is 1. The summed E-state index contributed by atoms with van der Waals surface area (Å²) in [6.45, 7) is 0. The molecule has 0 radical (unpaired) electrons. The van der Waals surface area contributed by atoms with Crippen LogP contribution in [0.25, 0.3) is 0 Å². The Bertz CT molecular complexity index is 715. The molecular formula is C13H13BrN4O3. The number of hydrazone groups is 1. The van der Waals surface area contributed by atoms with Crippen molar-refractivity contribution in [2.24, 2.45) is 5.10 Å². The smallest absolute Gasteiger partial charge is 0.280 e. The largest absolute Gasteiger partial charge is 0.497 e. The quantitative estimate of drug-likeness (QED) is 0.634. The van der Waals surface area contributed by atoms with Crippen LogP contribution < -0.4 is 20.5 Å². The SMILES string of the molecule is COc1ccc(OC)c(/C=N/Nc2cn[nH]c(=O)c2Br)c1. The van der Waals surface area contributed by atoms with Crippen LogP contribution in [0.1, 0.15) is 5.56 Å². The number of halogens is 1. The van der Waals surface area contributed by atoms with Crippen molar-refractivity contribution < 1.29 is 9.47 Å². The molecule has 0 saturated heterocycles. The van der Waals surface area contributed by atoms with Gasteiger partial charge in [-0.1, -0.05) is 0 Å². The van der Waals surface area contributed by atoms with Gasteiger partial charge in [0.25, 0.3) is 5.56 Å². The molecule has 1 heterocycles. The van der Waals surface area contributed by atoms with Gasteiger partial charge in [-0.05, 0) is 34.1 Å². The Kier molecular flexibility index (Phi) is 4.94. The molecule has 0 unspecified atom stereocenters. The number of aromatic amines is 1. The fourth-order valence-corrected chi connectivity index (χ4v) is 1.85. The number of rotatable bonds is 5. The van der Waals surface area contributed by atoms with Gasteiger partial charge >= 0.3 is 0 Å². The van der Waals surface area contributed by atoms with E-state index in [1.165, 1.54) is 6.20 Å². The van der Waals surface area contributed by atoms with Gasteiger partial charge in [-0.2, -0.15) is 10.2 Å². The average Bonchev–Trinajstić information content (AvgIpc) is 2.51. The number of aromatic nitrogens is 2. The van der Waals surface area contributed by atoms with Crippen LogP contribution in [0.5, 0.6) is 11.5 Å². The van der Waals surface area contributed by atoms with Crippen molar-refractivity contribution in [3.8, 4) is 11.5 Å². The van der Waals surface area contributed by atoms with Crippen LogP contribution in [0.2, 0.25) is 0 Å². The van der Waals surface area contributed by atoms with Crippen LogP contribution in [-0.4, -0.2) is 30.6 Å². The number of anilines is 1. The normalized spacial score (nSPS) is 10.6. The van der Waals surface area contributed by atoms with Gasteiger partial charge in [0.2, 0.25) is 0 Å². The molecule has 0 saturated carbocycles. The Morgan fingerprint density at radius 2 is 2.19 bits per heavy atom. The fraction of sp³-hybridized carbons (Fsp3) is 0.154. The van der Waals surface area contributed by atoms with E-state index in [1.807, 2.05) is 0 Å². The molecule has 0 spiro atoms. The second kappa shape index (κ2) is 6.89. The highest BCUT2D eigenvalue weighted by atomic mass is 79.9. The lowest BCUT2D eigenvalue weighted by Gasteiger charge is -2.07. The zero-order valence-electron chi connectivity index (χ0n) is 11.4. The summed E-state index contributed by atoms with van der Waals surface area (Å²) in [5, 5.41) is 10.0. The van der Waals surface area contributed by atoms with E-state index in [-0.39, 0.29) is 5.56 Å². The van der Waals surface area contributed by atoms with E-state index in [0.717, 1.165) is 5.56 Å². The van der Waals surface area contributed by atoms with Gasteiger partial charge in [-0.15, -0.1) is 0 Å². The predicted molar refractivity (Wildman–Crippen MR) is 83.3 cm³/mol. The summed E-state index contributed by atoms with van der Waals surface area (Å²) in [5.41, 5.74) is 3.59. The summed E-state index contributed by atoms with van der Waals surface area (Å²) in [6, 6.07) is 5.36. The van der Waals surface area contributed by atoms with Crippen molar-refractivity contribution in [1.82, 2.24) is 10.2 Å². The van der Waals surface area contributed by atoms with E-state index >= 15 is 0 Å². The van der Waals surface area contributed by atoms with Gasteiger partial charge < -0.3 is 9.47 Å². The van der Waals surface area contributed by atoms with E-state index in [9.17, 15) is 4.79 Å². The van der Waals surface area contributed by atoms with Gasteiger partial charge in [0, 0.05) is 5.56 Å². The molecule has 0 atom stereocenters. The van der Waals surface area contributed by atoms with E-state index in [1.54, 1.807) is 38.6 Å². The maximum Gasteiger partial charge on any atom is 0.280 e. The van der Waals surface area contributed by atoms with Crippen molar-refractivity contribution in [1.29, 1.82) is 0 Å². The summed E-state index contributed by atoms with van der Waals surface area (Å²) in [7, 11) is 3.16. The Hall–Kier alpha value is -2.35. The summed E-state index contributed by atoms with van der Waals surface area (Å²) in [4.78, 5) is 11.4. The third-order valence-electron chi connectivity index (χ3n) is 2.62. The Labute approximate surface area is 129 Å². The van der Waals surface area contributed by atoms with E-state index in [2.05, 4.69) is 36.7 Å². The molecule has 0 fully saturated rings. The number of hydrogen-bond donors (Lipinski definition) is 2. The number of H-pyrrole nitrogens is 1. The predicted octanol–water partition coefficient (Wildman–Crippen LogP) is 2.00. The molecular weight excluding hydrogens is 340 g/mol. The number of nitrogens with zero attached hydrogens (tertiary/aromatic N) is 2. The maximum atomic E-state index is 11.4. The molecule has 7 nitrogen and oxygen atoms in total. The van der Waals surface area contributed by atoms with Crippen molar-refractivity contribution in [2.45, 2.75) is 0 Å². The molecule has 0 aliphatic carbocycles. The van der Waals surface area contributed by atoms with Crippen LogP contribution in [0, 0.1) is 0 Å². The molecule has 21 heavy (non-hydrogen) atoms. The first-order valence-electron chi connectivity index (χ1n) is 5.90. The molecule has 2 rings (SSSR count). The van der Waals surface area contributed by atoms with Crippen LogP contribution in [-0.2, 0) is 0 Å². The van der Waals surface area contributed by atoms with Gasteiger partial charge in [0.15, 0.2) is 0 Å². The standard InChI is InChI=1S/C13H13BrN4O3/c1-20-9-3-4-11(21-2)8(5-9)6-15-17-10-7-16-18-13(19)12(10)14/h3-7H,1-2H3,(H2,17,18,19)/b15-6+. The number of hydrogen-bond acceptors (Lipinski definition) is 6. The minimum atomic E-state index is -0.339. The monoisotopic (exact) mass is 352 g/mol. The number of ether oxygens (including phenoxy) is 2. The Morgan fingerprint density at radius 1 is 1.38 bits per heavy atom. The topological polar surface area (TPSA) is 88.6 Å². The van der Waals surface area contributed by atoms with Crippen molar-refractivity contribution in [3.63, 3.8) is 0 Å². The fourth-order valence-electron chi connectivity index (χ4n) is 1.57. The van der Waals surface area contributed by atoms with Crippen LogP contribution >= 0.6 is 15.9 Å². The van der Waals surface area contributed by atoms with E-state index in [4.69, 9.17) is 9.47 Å². The Balaban J connectivity index is 2.21. The number of nitrogens with one attached hydrogen (secondary N) is 2. The van der Waals surface area contributed by atoms with Crippen LogP contribution in [0.4, 0.5) is 5.69 Å². The molecule has 0 aliphatic heterocycles. The zero-order chi connectivity index (χ0) is 15.2. The summed E-state index contributed by atoms with van der Waals surface area (Å²) >= 11 is 3.15. The molecule has 1 aromatic carbocycles. The Morgan fingerprint density at radius 3 is 2.90 bits per heavy atom. The van der Waals surface area contributed by atoms with Gasteiger partial charge in [0.1, 0.15) is 16.0 Å². The van der Waals surface area contributed by atoms with Gasteiger partial charge in [0.05, 0.1) is 32.3 Å². The van der Waals surface area contributed by atoms with E-state index in [0.29, 0.717) is 21.7 Å². The van der Waals surface area contributed by atoms with Gasteiger partial charge in [-0.3, -0.25) is 10.2 Å². The highest BCUT2D eigenvalue weighted by Gasteiger charge is 2.04. The van der Waals surface area contributed by atoms with Crippen LogP contribution in [0.3, 0.4) is 0 Å². The molecule has 1 aromatic heterocycles. The van der Waals surface area contributed by atoms with Crippen molar-refractivity contribution >= 4 is 27.8 Å². The summed E-state index contributed by atoms with van der Waals surface area (Å²) in [5.74, 6) is 1.35. The third-order valence-corrected chi connectivity index (χ3v) is 3.41. The van der Waals surface area contributed by atoms with E-state index < -0.39 is 0 Å². The van der Waals surface area contributed by atoms with Crippen molar-refractivity contribution in [2.75, 3.05) is 19.6 Å². The van der Waals surface area contributed by atoms with Crippen molar-refractivity contribution in [3.05, 3.63) is 44.8 Å². The average molecular weight is 353 g/mol. The maximum absolute atomic E-state index is 11.4. The first kappa shape index (κ1) is 15.0. The summed E-state index contributed by atoms with van der Waals surface area (Å²) < 4.78 is 10.7. The van der Waals surface area contributed by atoms with Gasteiger partial charge in [-0.25, -0.2) is 5.10 Å². The molecule has 110 valence electrons. The minimum Gasteiger partial charge on any atom is -0.497 e. The first-order valence-corrected chi connectivity index (χ1v) is 6.69.